The zero-order valence-electron chi connectivity index (χ0n) is 11.8. The van der Waals surface area contributed by atoms with Gasteiger partial charge in [-0.1, -0.05) is 45.4 Å². The molecule has 0 aromatic rings. The highest BCUT2D eigenvalue weighted by Gasteiger charge is 1.91. The number of rotatable bonds is 14. The molecule has 0 heterocycles. The molecule has 0 aliphatic heterocycles. The topological polar surface area (TPSA) is 50.1 Å². The van der Waals surface area contributed by atoms with Gasteiger partial charge in [0.15, 0.2) is 0 Å². The Bertz CT molecular complexity index is 115. The molecule has 0 atom stereocenters. The van der Waals surface area contributed by atoms with E-state index in [-0.39, 0.29) is 0 Å². The highest BCUT2D eigenvalue weighted by Crippen LogP contribution is 2.06. The Morgan fingerprint density at radius 3 is 1.82 bits per heavy atom. The van der Waals surface area contributed by atoms with Crippen LogP contribution in [0.2, 0.25) is 0 Å². The second-order valence-corrected chi connectivity index (χ2v) is 4.76. The van der Waals surface area contributed by atoms with E-state index < -0.39 is 0 Å². The highest BCUT2D eigenvalue weighted by atomic mass is 14.9. The van der Waals surface area contributed by atoms with Crippen LogP contribution in [0.1, 0.15) is 58.3 Å². The Kier molecular flexibility index (Phi) is 15.8. The normalized spacial score (nSPS) is 10.9. The second kappa shape index (κ2) is 15.9. The Morgan fingerprint density at radius 1 is 0.647 bits per heavy atom. The molecule has 4 N–H and O–H groups in total. The summed E-state index contributed by atoms with van der Waals surface area (Å²) in [6.07, 6.45) is 11.0. The smallest absolute Gasteiger partial charge is 0.00745 e. The molecule has 0 aliphatic carbocycles. The summed E-state index contributed by atoms with van der Waals surface area (Å²) < 4.78 is 0. The summed E-state index contributed by atoms with van der Waals surface area (Å²) in [5.74, 6) is 0. The van der Waals surface area contributed by atoms with Gasteiger partial charge < -0.3 is 16.4 Å². The van der Waals surface area contributed by atoms with E-state index in [0.717, 1.165) is 26.2 Å². The Morgan fingerprint density at radius 2 is 1.18 bits per heavy atom. The summed E-state index contributed by atoms with van der Waals surface area (Å²) in [6.45, 7) is 7.36. The van der Waals surface area contributed by atoms with E-state index in [9.17, 15) is 0 Å². The zero-order chi connectivity index (χ0) is 12.6. The molecule has 0 aromatic carbocycles. The van der Waals surface area contributed by atoms with Gasteiger partial charge in [0, 0.05) is 13.1 Å². The van der Waals surface area contributed by atoms with Crippen molar-refractivity contribution in [1.82, 2.24) is 10.6 Å². The largest absolute Gasteiger partial charge is 0.329 e. The SMILES string of the molecule is CCCCCCCCCNCCCNCCN. The van der Waals surface area contributed by atoms with Crippen LogP contribution in [-0.4, -0.2) is 32.7 Å². The molecule has 0 amide bonds. The monoisotopic (exact) mass is 243 g/mol. The molecule has 0 fully saturated rings. The lowest BCUT2D eigenvalue weighted by Gasteiger charge is -2.05. The van der Waals surface area contributed by atoms with Crippen LogP contribution in [-0.2, 0) is 0 Å². The van der Waals surface area contributed by atoms with Crippen molar-refractivity contribution in [3.05, 3.63) is 0 Å². The summed E-state index contributed by atoms with van der Waals surface area (Å²) in [6, 6.07) is 0. The summed E-state index contributed by atoms with van der Waals surface area (Å²) in [5, 5.41) is 6.79. The first-order chi connectivity index (χ1) is 8.41. The zero-order valence-corrected chi connectivity index (χ0v) is 11.8. The quantitative estimate of drug-likeness (QED) is 0.410. The summed E-state index contributed by atoms with van der Waals surface area (Å²) in [7, 11) is 0. The van der Waals surface area contributed by atoms with Crippen LogP contribution < -0.4 is 16.4 Å². The third-order valence-electron chi connectivity index (χ3n) is 2.99. The summed E-state index contributed by atoms with van der Waals surface area (Å²) in [5.41, 5.74) is 5.39. The van der Waals surface area contributed by atoms with Crippen LogP contribution in [0.3, 0.4) is 0 Å². The number of hydrogen-bond donors (Lipinski definition) is 3. The average Bonchev–Trinajstić information content (AvgIpc) is 2.35. The fourth-order valence-corrected chi connectivity index (χ4v) is 1.90. The number of unbranched alkanes of at least 4 members (excludes halogenated alkanes) is 6. The summed E-state index contributed by atoms with van der Waals surface area (Å²) in [4.78, 5) is 0. The van der Waals surface area contributed by atoms with Crippen molar-refractivity contribution in [2.75, 3.05) is 32.7 Å². The van der Waals surface area contributed by atoms with Crippen LogP contribution >= 0.6 is 0 Å². The lowest BCUT2D eigenvalue weighted by atomic mass is 10.1. The van der Waals surface area contributed by atoms with Crippen LogP contribution in [0.5, 0.6) is 0 Å². The van der Waals surface area contributed by atoms with Crippen LogP contribution in [0.15, 0.2) is 0 Å². The standard InChI is InChI=1S/C14H33N3/c1-2-3-4-5-6-7-8-11-16-12-9-13-17-14-10-15/h16-17H,2-15H2,1H3. The van der Waals surface area contributed by atoms with Crippen molar-refractivity contribution >= 4 is 0 Å². The van der Waals surface area contributed by atoms with Crippen LogP contribution in [0.25, 0.3) is 0 Å². The first-order valence-electron chi connectivity index (χ1n) is 7.53. The van der Waals surface area contributed by atoms with Crippen molar-refractivity contribution in [2.45, 2.75) is 58.3 Å². The van der Waals surface area contributed by atoms with Gasteiger partial charge in [0.05, 0.1) is 0 Å². The number of nitrogens with two attached hydrogens (primary N) is 1. The minimum Gasteiger partial charge on any atom is -0.329 e. The maximum absolute atomic E-state index is 5.39. The molecule has 0 unspecified atom stereocenters. The Labute approximate surface area is 108 Å². The van der Waals surface area contributed by atoms with E-state index in [0.29, 0.717) is 0 Å². The van der Waals surface area contributed by atoms with Gasteiger partial charge in [0.2, 0.25) is 0 Å². The maximum Gasteiger partial charge on any atom is 0.00745 e. The molecule has 0 spiro atoms. The van der Waals surface area contributed by atoms with E-state index in [1.165, 1.54) is 57.9 Å². The molecular weight excluding hydrogens is 210 g/mol. The van der Waals surface area contributed by atoms with E-state index in [2.05, 4.69) is 17.6 Å². The minimum absolute atomic E-state index is 0.742. The molecule has 3 heteroatoms. The minimum atomic E-state index is 0.742. The van der Waals surface area contributed by atoms with Crippen molar-refractivity contribution in [1.29, 1.82) is 0 Å². The van der Waals surface area contributed by atoms with Gasteiger partial charge >= 0.3 is 0 Å². The lowest BCUT2D eigenvalue weighted by Crippen LogP contribution is -2.26. The lowest BCUT2D eigenvalue weighted by molar-refractivity contribution is 0.548. The summed E-state index contributed by atoms with van der Waals surface area (Å²) >= 11 is 0. The van der Waals surface area contributed by atoms with Crippen LogP contribution in [0, 0.1) is 0 Å². The van der Waals surface area contributed by atoms with Crippen LogP contribution in [0.4, 0.5) is 0 Å². The number of nitrogens with one attached hydrogen (secondary N) is 2. The Balaban J connectivity index is 2.85. The molecule has 0 aromatic heterocycles. The van der Waals surface area contributed by atoms with Gasteiger partial charge in [0.25, 0.3) is 0 Å². The highest BCUT2D eigenvalue weighted by molar-refractivity contribution is 4.53. The third-order valence-corrected chi connectivity index (χ3v) is 2.99. The van der Waals surface area contributed by atoms with Crippen molar-refractivity contribution < 1.29 is 0 Å². The molecule has 0 saturated heterocycles. The molecule has 17 heavy (non-hydrogen) atoms. The van der Waals surface area contributed by atoms with E-state index >= 15 is 0 Å². The average molecular weight is 243 g/mol. The van der Waals surface area contributed by atoms with Gasteiger partial charge in [-0.15, -0.1) is 0 Å². The Hall–Kier alpha value is -0.120. The molecule has 0 bridgehead atoms. The van der Waals surface area contributed by atoms with Gasteiger partial charge in [-0.25, -0.2) is 0 Å². The molecule has 0 rings (SSSR count). The number of hydrogen-bond acceptors (Lipinski definition) is 3. The van der Waals surface area contributed by atoms with Crippen molar-refractivity contribution in [2.24, 2.45) is 5.73 Å². The third kappa shape index (κ3) is 15.9. The van der Waals surface area contributed by atoms with Gasteiger partial charge in [-0.3, -0.25) is 0 Å². The second-order valence-electron chi connectivity index (χ2n) is 4.76. The van der Waals surface area contributed by atoms with Crippen molar-refractivity contribution in [3.63, 3.8) is 0 Å². The maximum atomic E-state index is 5.39. The molecule has 104 valence electrons. The van der Waals surface area contributed by atoms with E-state index in [4.69, 9.17) is 5.73 Å². The molecular formula is C14H33N3. The molecule has 0 saturated carbocycles. The fraction of sp³-hybridized carbons (Fsp3) is 1.00. The van der Waals surface area contributed by atoms with E-state index in [1.54, 1.807) is 0 Å². The predicted molar refractivity (Wildman–Crippen MR) is 77.4 cm³/mol. The molecule has 3 nitrogen and oxygen atoms in total. The first-order valence-corrected chi connectivity index (χ1v) is 7.53. The first kappa shape index (κ1) is 16.9. The van der Waals surface area contributed by atoms with Gasteiger partial charge in [-0.2, -0.15) is 0 Å². The van der Waals surface area contributed by atoms with E-state index in [1.807, 2.05) is 0 Å². The van der Waals surface area contributed by atoms with Crippen molar-refractivity contribution in [3.8, 4) is 0 Å². The molecule has 0 aliphatic rings. The predicted octanol–water partition coefficient (Wildman–Crippen LogP) is 2.26. The fourth-order valence-electron chi connectivity index (χ4n) is 1.90. The van der Waals surface area contributed by atoms with Gasteiger partial charge in [0.1, 0.15) is 0 Å². The van der Waals surface area contributed by atoms with Gasteiger partial charge in [-0.05, 0) is 32.5 Å². The molecule has 0 radical (unpaired) electrons.